The van der Waals surface area contributed by atoms with E-state index in [1.165, 1.54) is 76.2 Å². The molecule has 0 radical (unpaired) electrons. The van der Waals surface area contributed by atoms with E-state index in [0.717, 1.165) is 156 Å². The molecular formula is C139H130N2O8. The Morgan fingerprint density at radius 1 is 0.289 bits per heavy atom. The van der Waals surface area contributed by atoms with E-state index in [2.05, 4.69) is 350 Å². The van der Waals surface area contributed by atoms with Crippen LogP contribution in [0.3, 0.4) is 0 Å². The first-order valence-electron chi connectivity index (χ1n) is 53.8. The van der Waals surface area contributed by atoms with Gasteiger partial charge in [0.15, 0.2) is 0 Å². The second-order valence-corrected chi connectivity index (χ2v) is 49.1. The van der Waals surface area contributed by atoms with Crippen molar-refractivity contribution in [2.75, 3.05) is 9.80 Å². The van der Waals surface area contributed by atoms with Crippen molar-refractivity contribution in [3.63, 3.8) is 0 Å². The van der Waals surface area contributed by atoms with Gasteiger partial charge in [-0.25, -0.2) is 9.80 Å². The average Bonchev–Trinajstić information content (AvgIpc) is 1.66. The van der Waals surface area contributed by atoms with Gasteiger partial charge in [0.1, 0.15) is 46.0 Å². The third-order valence-electron chi connectivity index (χ3n) is 33.4. The molecule has 0 saturated heterocycles. The topological polar surface area (TPSA) is 112 Å². The van der Waals surface area contributed by atoms with E-state index in [4.69, 9.17) is 18.9 Å². The number of benzene rings is 17. The molecular weight excluding hydrogens is 1830 g/mol. The number of allylic oxidation sites excluding steroid dienone is 8. The summed E-state index contributed by atoms with van der Waals surface area (Å²) in [6.45, 7) is 59.4. The number of rotatable bonds is 20. The molecule has 0 N–H and O–H groups in total. The maximum absolute atomic E-state index is 16.5. The molecule has 10 nitrogen and oxygen atoms in total. The van der Waals surface area contributed by atoms with Crippen molar-refractivity contribution in [2.24, 2.45) is 11.8 Å². The van der Waals surface area contributed by atoms with Crippen LogP contribution in [0.15, 0.2) is 249 Å². The van der Waals surface area contributed by atoms with Crippen molar-refractivity contribution in [3.8, 4) is 68.2 Å². The average molecular weight is 1960 g/mol. The molecule has 149 heavy (non-hydrogen) atoms. The lowest BCUT2D eigenvalue weighted by molar-refractivity contribution is 0.0877. The standard InChI is InChI=1S/C139H130N2O8/c1-27-77-55-83-63-107-95-47-51-100-121-101(127-117(149-93-44-36-89(37-45-93)139(24,25)26)69-113-123-112(68-116(126(100)129(123)127)148-92-42-34-88(35-43-92)138(21,22)23)134(144)141(135(113)145)131-104(74(10)11)60-81(71(4)5)61-105(131)75(12)13)53-49-97(119(95)121)109(107)65-85(83)57-79(77)29-28-78-56-84-64-108-96-48-52-99-120-98(50-46-94(118(96)120)106(108)62-82(84)54-76(78)14)124-114(146-90-38-30-86(31-39-90)136(15,16)17)66-110-122-111(67-115(125(99)128(122)124)147-91-40-32-87(33-41-91)137(18,19)20)133(143)140(132(110)142)130-102(72(6)7)58-80(70(2)3)59-103(130)73(8)9/h27,30-75,118,120H,1,28-29H2,2-26H3. The fourth-order valence-corrected chi connectivity index (χ4v) is 25.3. The fourth-order valence-electron chi connectivity index (χ4n) is 25.3. The van der Waals surface area contributed by atoms with Gasteiger partial charge in [-0.15, -0.1) is 0 Å². The number of carbonyl (C=O) groups is 4. The van der Waals surface area contributed by atoms with Crippen molar-refractivity contribution in [1.82, 2.24) is 0 Å². The first-order valence-corrected chi connectivity index (χ1v) is 53.8. The van der Waals surface area contributed by atoms with Gasteiger partial charge in [-0.2, -0.15) is 0 Å². The smallest absolute Gasteiger partial charge is 0.266 e. The van der Waals surface area contributed by atoms with Crippen molar-refractivity contribution >= 4 is 139 Å². The van der Waals surface area contributed by atoms with Gasteiger partial charge in [0.2, 0.25) is 0 Å². The van der Waals surface area contributed by atoms with Gasteiger partial charge in [-0.05, 0) is 357 Å². The molecule has 17 aromatic rings. The number of ether oxygens (including phenoxy) is 4. The summed E-state index contributed by atoms with van der Waals surface area (Å²) in [6.07, 6.45) is 12.9. The van der Waals surface area contributed by atoms with Crippen molar-refractivity contribution in [2.45, 2.75) is 243 Å². The summed E-state index contributed by atoms with van der Waals surface area (Å²) in [6, 6.07) is 78.3. The maximum Gasteiger partial charge on any atom is 0.266 e. The Morgan fingerprint density at radius 3 is 0.940 bits per heavy atom. The highest BCUT2D eigenvalue weighted by molar-refractivity contribution is 6.46. The van der Waals surface area contributed by atoms with Crippen LogP contribution in [0.25, 0.3) is 126 Å². The van der Waals surface area contributed by atoms with E-state index >= 15 is 19.2 Å². The molecule has 0 saturated carbocycles. The van der Waals surface area contributed by atoms with E-state index in [0.29, 0.717) is 90.4 Å². The minimum Gasteiger partial charge on any atom is -0.457 e. The van der Waals surface area contributed by atoms with Crippen molar-refractivity contribution < 1.29 is 38.1 Å². The first-order chi connectivity index (χ1) is 70.9. The molecule has 7 aliphatic rings. The Hall–Kier alpha value is -15.0. The Balaban J connectivity index is 0.618. The highest BCUT2D eigenvalue weighted by Gasteiger charge is 2.52. The van der Waals surface area contributed by atoms with Crippen LogP contribution >= 0.6 is 0 Å². The second kappa shape index (κ2) is 34.3. The molecule has 4 amide bonds. The zero-order chi connectivity index (χ0) is 104. The molecule has 10 heteroatoms. The van der Waals surface area contributed by atoms with Gasteiger partial charge in [0.05, 0.1) is 33.6 Å². The SMILES string of the molecule is C=Cc1cc2cc3c(cc2cc1CCc1cc2cc4c(cc2cc1C)C1=CC=C2c5c(Oc6ccc(C(C)(C)C)cc6)cc6c7c(cc(Oc8ccc(C(C)(C)C)cc8)c(c57)C5=CC=C4C1C25)C(=O)N(c1c(C(C)C)cc(C(C)C)cc1C(C)C)C6=O)-c1ccc2c4c(Oc5ccc(C(C)(C)C)cc5)cc5c6c(cc(Oc7ccc(C(C)(C)C)cc7)c(c7ccc-3c1c72)c64)C(=O)N(c1c(C(C)C)cc(C(C)C)cc1C(C)C)C5=O. The molecule has 17 aromatic carbocycles. The van der Waals surface area contributed by atoms with Gasteiger partial charge in [0.25, 0.3) is 23.6 Å². The van der Waals surface area contributed by atoms with Gasteiger partial charge < -0.3 is 18.9 Å². The van der Waals surface area contributed by atoms with E-state index in [9.17, 15) is 0 Å². The van der Waals surface area contributed by atoms with E-state index < -0.39 is 11.8 Å². The largest absolute Gasteiger partial charge is 0.457 e. The Bertz CT molecular complexity index is 8720. The number of anilines is 2. The summed E-state index contributed by atoms with van der Waals surface area (Å²) in [4.78, 5) is 68.9. The highest BCUT2D eigenvalue weighted by Crippen LogP contribution is 2.67. The number of aryl methyl sites for hydroxylation is 3. The lowest BCUT2D eigenvalue weighted by Gasteiger charge is -2.42. The predicted molar refractivity (Wildman–Crippen MR) is 619 cm³/mol. The lowest BCUT2D eigenvalue weighted by atomic mass is 9.62. The van der Waals surface area contributed by atoms with Crippen LogP contribution in [0, 0.1) is 18.8 Å². The molecule has 24 rings (SSSR count). The summed E-state index contributed by atoms with van der Waals surface area (Å²) >= 11 is 0. The number of carbonyl (C=O) groups excluding carboxylic acids is 4. The summed E-state index contributed by atoms with van der Waals surface area (Å²) in [5.74, 6) is 3.05. The number of imide groups is 2. The minimum atomic E-state index is -0.398. The van der Waals surface area contributed by atoms with Crippen LogP contribution in [0.5, 0.6) is 46.0 Å². The lowest BCUT2D eigenvalue weighted by Crippen LogP contribution is -2.42. The quantitative estimate of drug-likeness (QED) is 0.0421. The van der Waals surface area contributed by atoms with Gasteiger partial charge in [-0.1, -0.05) is 318 Å². The van der Waals surface area contributed by atoms with Crippen LogP contribution in [-0.2, 0) is 34.5 Å². The summed E-state index contributed by atoms with van der Waals surface area (Å²) in [5.41, 5.74) is 31.2. The zero-order valence-corrected chi connectivity index (χ0v) is 90.6. The molecule has 744 valence electrons. The molecule has 0 fully saturated rings. The molecule has 0 spiro atoms. The van der Waals surface area contributed by atoms with E-state index in [-0.39, 0.29) is 80.8 Å². The maximum atomic E-state index is 16.5. The van der Waals surface area contributed by atoms with Crippen LogP contribution in [0.4, 0.5) is 11.4 Å². The van der Waals surface area contributed by atoms with Crippen LogP contribution in [0.1, 0.15) is 343 Å². The third-order valence-corrected chi connectivity index (χ3v) is 33.4. The summed E-state index contributed by atoms with van der Waals surface area (Å²) in [7, 11) is 0. The molecule has 2 aliphatic heterocycles. The highest BCUT2D eigenvalue weighted by atomic mass is 16.5. The van der Waals surface area contributed by atoms with E-state index in [1.807, 2.05) is 78.9 Å². The Labute approximate surface area is 875 Å². The van der Waals surface area contributed by atoms with Crippen molar-refractivity contribution in [1.29, 1.82) is 0 Å². The van der Waals surface area contributed by atoms with Crippen LogP contribution in [-0.4, -0.2) is 23.6 Å². The summed E-state index contributed by atoms with van der Waals surface area (Å²) < 4.78 is 29.7. The molecule has 0 aromatic heterocycles. The normalized spacial score (nSPS) is 15.6. The van der Waals surface area contributed by atoms with Gasteiger partial charge >= 0.3 is 0 Å². The van der Waals surface area contributed by atoms with E-state index in [1.54, 1.807) is 0 Å². The number of fused-ring (bicyclic) bond motifs is 12. The first kappa shape index (κ1) is 96.2. The third kappa shape index (κ3) is 15.2. The predicted octanol–water partition coefficient (Wildman–Crippen LogP) is 37.8. The summed E-state index contributed by atoms with van der Waals surface area (Å²) in [5, 5.41) is 12.9. The molecule has 0 bridgehead atoms. The number of hydrogen-bond donors (Lipinski definition) is 0. The fraction of sp³-hybridized carbons (Fsp3) is 0.281. The minimum absolute atomic E-state index is 0.0202. The van der Waals surface area contributed by atoms with Crippen LogP contribution in [0.2, 0.25) is 0 Å². The van der Waals surface area contributed by atoms with Crippen molar-refractivity contribution in [3.05, 3.63) is 372 Å². The monoisotopic (exact) mass is 1950 g/mol. The molecule has 2 heterocycles. The number of nitrogens with zero attached hydrogens (tertiary/aromatic N) is 2. The number of amides is 4. The molecule has 2 atom stereocenters. The van der Waals surface area contributed by atoms with Crippen LogP contribution < -0.4 is 28.7 Å². The molecule has 2 unspecified atom stereocenters. The van der Waals surface area contributed by atoms with Gasteiger partial charge in [-0.3, -0.25) is 19.2 Å². The zero-order valence-electron chi connectivity index (χ0n) is 90.6. The Kier molecular flexibility index (Phi) is 22.1. The number of hydrogen-bond acceptors (Lipinski definition) is 8. The van der Waals surface area contributed by atoms with Gasteiger partial charge in [0, 0.05) is 55.3 Å². The molecule has 5 aliphatic carbocycles. The second-order valence-electron chi connectivity index (χ2n) is 49.1. The Morgan fingerprint density at radius 2 is 0.591 bits per heavy atom.